The van der Waals surface area contributed by atoms with Gasteiger partial charge in [-0.05, 0) is 36.2 Å². The van der Waals surface area contributed by atoms with E-state index < -0.39 is 5.91 Å². The number of carbonyl (C=O) groups excluding carboxylic acids is 1. The largest absolute Gasteiger partial charge is 0.493 e. The molecule has 1 heterocycles. The number of primary amides is 1. The van der Waals surface area contributed by atoms with Crippen LogP contribution < -0.4 is 10.5 Å². The lowest BCUT2D eigenvalue weighted by atomic mass is 10.0. The molecule has 0 spiro atoms. The third-order valence-electron chi connectivity index (χ3n) is 3.63. The number of nitrogens with zero attached hydrogens (tertiary/aromatic N) is 1. The lowest BCUT2D eigenvalue weighted by molar-refractivity contribution is 0.0996. The van der Waals surface area contributed by atoms with E-state index in [0.29, 0.717) is 17.9 Å². The number of nitrogens with two attached hydrogens (primary N) is 1. The molecule has 0 radical (unpaired) electrons. The van der Waals surface area contributed by atoms with E-state index in [1.165, 1.54) is 0 Å². The van der Waals surface area contributed by atoms with Crippen LogP contribution in [0.5, 0.6) is 5.75 Å². The number of ether oxygens (including phenoxy) is 1. The summed E-state index contributed by atoms with van der Waals surface area (Å²) in [6.07, 6.45) is 2.67. The van der Waals surface area contributed by atoms with Crippen molar-refractivity contribution in [1.29, 1.82) is 0 Å². The van der Waals surface area contributed by atoms with Crippen LogP contribution in [-0.4, -0.2) is 17.5 Å². The summed E-state index contributed by atoms with van der Waals surface area (Å²) in [4.78, 5) is 16.2. The number of fused-ring (bicyclic) bond motifs is 1. The van der Waals surface area contributed by atoms with Gasteiger partial charge in [-0.3, -0.25) is 9.78 Å². The second-order valence-corrected chi connectivity index (χ2v) is 5.34. The third-order valence-corrected chi connectivity index (χ3v) is 3.63. The topological polar surface area (TPSA) is 65.2 Å². The Morgan fingerprint density at radius 1 is 1.13 bits per heavy atom. The van der Waals surface area contributed by atoms with E-state index in [1.807, 2.05) is 37.3 Å². The molecular formula is C19H18N2O2. The van der Waals surface area contributed by atoms with E-state index in [4.69, 9.17) is 10.5 Å². The number of amides is 1. The zero-order chi connectivity index (χ0) is 16.2. The van der Waals surface area contributed by atoms with Gasteiger partial charge in [0.15, 0.2) is 0 Å². The molecule has 0 fully saturated rings. The summed E-state index contributed by atoms with van der Waals surface area (Å²) >= 11 is 0. The molecule has 2 aromatic carbocycles. The minimum absolute atomic E-state index is 0.393. The van der Waals surface area contributed by atoms with Crippen LogP contribution in [0.4, 0.5) is 0 Å². The average Bonchev–Trinajstić information content (AvgIpc) is 2.59. The standard InChI is InChI=1S/C19H18N2O2/c1-2-9-23-18-8-7-13(11-16(18)19(20)22)15-10-14-5-3-4-6-17(14)21-12-15/h3-8,10-12H,2,9H2,1H3,(H2,20,22). The fourth-order valence-corrected chi connectivity index (χ4v) is 2.47. The molecule has 0 saturated heterocycles. The molecule has 116 valence electrons. The summed E-state index contributed by atoms with van der Waals surface area (Å²) in [5.41, 5.74) is 8.65. The summed E-state index contributed by atoms with van der Waals surface area (Å²) in [5, 5.41) is 1.05. The van der Waals surface area contributed by atoms with Gasteiger partial charge in [-0.2, -0.15) is 0 Å². The summed E-state index contributed by atoms with van der Waals surface area (Å²) in [6.45, 7) is 2.57. The first-order valence-corrected chi connectivity index (χ1v) is 7.61. The molecule has 4 nitrogen and oxygen atoms in total. The summed E-state index contributed by atoms with van der Waals surface area (Å²) in [7, 11) is 0. The predicted octanol–water partition coefficient (Wildman–Crippen LogP) is 3.79. The van der Waals surface area contributed by atoms with Crippen LogP contribution in [0.15, 0.2) is 54.7 Å². The van der Waals surface area contributed by atoms with Gasteiger partial charge in [-0.1, -0.05) is 31.2 Å². The normalized spacial score (nSPS) is 10.7. The van der Waals surface area contributed by atoms with E-state index in [2.05, 4.69) is 11.1 Å². The Morgan fingerprint density at radius 2 is 1.96 bits per heavy atom. The van der Waals surface area contributed by atoms with E-state index >= 15 is 0 Å². The molecular weight excluding hydrogens is 288 g/mol. The highest BCUT2D eigenvalue weighted by molar-refractivity contribution is 5.97. The lowest BCUT2D eigenvalue weighted by Gasteiger charge is -2.11. The van der Waals surface area contributed by atoms with Crippen LogP contribution in [-0.2, 0) is 0 Å². The number of benzene rings is 2. The Morgan fingerprint density at radius 3 is 2.74 bits per heavy atom. The maximum Gasteiger partial charge on any atom is 0.252 e. The van der Waals surface area contributed by atoms with Crippen LogP contribution >= 0.6 is 0 Å². The fourth-order valence-electron chi connectivity index (χ4n) is 2.47. The highest BCUT2D eigenvalue weighted by Crippen LogP contribution is 2.28. The Balaban J connectivity index is 2.04. The van der Waals surface area contributed by atoms with Crippen molar-refractivity contribution in [3.63, 3.8) is 0 Å². The van der Waals surface area contributed by atoms with Crippen LogP contribution in [0.2, 0.25) is 0 Å². The van der Waals surface area contributed by atoms with Crippen LogP contribution in [0.25, 0.3) is 22.0 Å². The van der Waals surface area contributed by atoms with Gasteiger partial charge in [-0.25, -0.2) is 0 Å². The molecule has 0 aliphatic heterocycles. The molecule has 3 aromatic rings. The second kappa shape index (κ2) is 6.48. The SMILES string of the molecule is CCCOc1ccc(-c2cnc3ccccc3c2)cc1C(N)=O. The van der Waals surface area contributed by atoms with Crippen molar-refractivity contribution in [2.75, 3.05) is 6.61 Å². The quantitative estimate of drug-likeness (QED) is 0.780. The van der Waals surface area contributed by atoms with Gasteiger partial charge in [-0.15, -0.1) is 0 Å². The number of pyridine rings is 1. The van der Waals surface area contributed by atoms with E-state index in [1.54, 1.807) is 18.3 Å². The van der Waals surface area contributed by atoms with Gasteiger partial charge in [0, 0.05) is 17.1 Å². The fraction of sp³-hybridized carbons (Fsp3) is 0.158. The summed E-state index contributed by atoms with van der Waals surface area (Å²) < 4.78 is 5.59. The van der Waals surface area contributed by atoms with Crippen molar-refractivity contribution in [2.45, 2.75) is 13.3 Å². The van der Waals surface area contributed by atoms with Crippen molar-refractivity contribution in [3.05, 3.63) is 60.3 Å². The molecule has 0 saturated carbocycles. The first-order chi connectivity index (χ1) is 11.2. The molecule has 23 heavy (non-hydrogen) atoms. The minimum atomic E-state index is -0.494. The number of aromatic nitrogens is 1. The van der Waals surface area contributed by atoms with Gasteiger partial charge in [0.2, 0.25) is 0 Å². The smallest absolute Gasteiger partial charge is 0.252 e. The molecule has 0 unspecified atom stereocenters. The van der Waals surface area contributed by atoms with Crippen molar-refractivity contribution in [2.24, 2.45) is 5.73 Å². The number of rotatable bonds is 5. The monoisotopic (exact) mass is 306 g/mol. The van der Waals surface area contributed by atoms with Gasteiger partial charge in [0.25, 0.3) is 5.91 Å². The molecule has 3 rings (SSSR count). The van der Waals surface area contributed by atoms with Crippen molar-refractivity contribution >= 4 is 16.8 Å². The minimum Gasteiger partial charge on any atom is -0.493 e. The highest BCUT2D eigenvalue weighted by atomic mass is 16.5. The molecule has 0 aliphatic carbocycles. The second-order valence-electron chi connectivity index (χ2n) is 5.34. The number of hydrogen-bond acceptors (Lipinski definition) is 3. The van der Waals surface area contributed by atoms with Crippen LogP contribution in [0, 0.1) is 0 Å². The van der Waals surface area contributed by atoms with Gasteiger partial charge < -0.3 is 10.5 Å². The Bertz CT molecular complexity index is 859. The average molecular weight is 306 g/mol. The number of carbonyl (C=O) groups is 1. The molecule has 0 bridgehead atoms. The van der Waals surface area contributed by atoms with Crippen LogP contribution in [0.3, 0.4) is 0 Å². The Hall–Kier alpha value is -2.88. The molecule has 0 atom stereocenters. The van der Waals surface area contributed by atoms with Crippen molar-refractivity contribution < 1.29 is 9.53 Å². The summed E-state index contributed by atoms with van der Waals surface area (Å²) in [6, 6.07) is 15.4. The first-order valence-electron chi connectivity index (χ1n) is 7.61. The van der Waals surface area contributed by atoms with Crippen molar-refractivity contribution in [3.8, 4) is 16.9 Å². The van der Waals surface area contributed by atoms with E-state index in [-0.39, 0.29) is 0 Å². The van der Waals surface area contributed by atoms with Gasteiger partial charge >= 0.3 is 0 Å². The zero-order valence-electron chi connectivity index (χ0n) is 13.0. The predicted molar refractivity (Wildman–Crippen MR) is 91.5 cm³/mol. The summed E-state index contributed by atoms with van der Waals surface area (Å²) in [5.74, 6) is 0.0311. The third kappa shape index (κ3) is 3.16. The highest BCUT2D eigenvalue weighted by Gasteiger charge is 2.12. The Kier molecular flexibility index (Phi) is 4.24. The van der Waals surface area contributed by atoms with Crippen molar-refractivity contribution in [1.82, 2.24) is 4.98 Å². The maximum atomic E-state index is 11.7. The van der Waals surface area contributed by atoms with E-state index in [0.717, 1.165) is 28.5 Å². The molecule has 4 heteroatoms. The van der Waals surface area contributed by atoms with Gasteiger partial charge in [0.05, 0.1) is 17.7 Å². The van der Waals surface area contributed by atoms with E-state index in [9.17, 15) is 4.79 Å². The molecule has 2 N–H and O–H groups in total. The molecule has 1 aromatic heterocycles. The first kappa shape index (κ1) is 15.0. The molecule has 0 aliphatic rings. The zero-order valence-corrected chi connectivity index (χ0v) is 13.0. The van der Waals surface area contributed by atoms with Gasteiger partial charge in [0.1, 0.15) is 5.75 Å². The van der Waals surface area contributed by atoms with Crippen LogP contribution in [0.1, 0.15) is 23.7 Å². The number of para-hydroxylation sites is 1. The Labute approximate surface area is 134 Å². The number of hydrogen-bond donors (Lipinski definition) is 1. The lowest BCUT2D eigenvalue weighted by Crippen LogP contribution is -2.13. The maximum absolute atomic E-state index is 11.7. The molecule has 1 amide bonds.